The van der Waals surface area contributed by atoms with Crippen LogP contribution in [0.4, 0.5) is 0 Å². The van der Waals surface area contributed by atoms with E-state index in [0.717, 1.165) is 6.07 Å². The zero-order valence-corrected chi connectivity index (χ0v) is 11.7. The first-order valence-corrected chi connectivity index (χ1v) is 6.30. The van der Waals surface area contributed by atoms with Gasteiger partial charge in [-0.2, -0.15) is 0 Å². The number of carbonyl (C=O) groups excluding carboxylic acids is 3. The Bertz CT molecular complexity index is 715. The van der Waals surface area contributed by atoms with Gasteiger partial charge in [-0.15, -0.1) is 0 Å². The molecule has 1 aromatic carbocycles. The van der Waals surface area contributed by atoms with Crippen LogP contribution < -0.4 is 0 Å². The molecule has 0 atom stereocenters. The maximum atomic E-state index is 11.7. The molecule has 1 N–H and O–H groups in total. The van der Waals surface area contributed by atoms with Crippen molar-refractivity contribution >= 4 is 23.9 Å². The highest BCUT2D eigenvalue weighted by atomic mass is 16.6. The molecule has 0 fully saturated rings. The number of carboxylic acids is 1. The third-order valence-electron chi connectivity index (χ3n) is 3.03. The third kappa shape index (κ3) is 2.88. The molecule has 114 valence electrons. The fourth-order valence-corrected chi connectivity index (χ4v) is 1.99. The molecule has 1 aromatic rings. The standard InChI is InChI=1S/C15H12O7/c1-7(2)13(18)21-4-3-8-5-9(12(16)17)6-10-11(8)15(20)22-14(10)19/h5-6H,1,3-4H2,2H3,(H,16,17). The van der Waals surface area contributed by atoms with Crippen molar-refractivity contribution in [2.75, 3.05) is 6.61 Å². The van der Waals surface area contributed by atoms with Crippen molar-refractivity contribution < 1.29 is 33.8 Å². The lowest BCUT2D eigenvalue weighted by molar-refractivity contribution is -0.138. The number of ether oxygens (including phenoxy) is 2. The maximum absolute atomic E-state index is 11.7. The molecule has 0 spiro atoms. The number of cyclic esters (lactones) is 2. The highest BCUT2D eigenvalue weighted by Gasteiger charge is 2.33. The Balaban J connectivity index is 2.30. The number of fused-ring (bicyclic) bond motifs is 1. The van der Waals surface area contributed by atoms with Gasteiger partial charge >= 0.3 is 23.9 Å². The lowest BCUT2D eigenvalue weighted by Crippen LogP contribution is -2.11. The Kier molecular flexibility index (Phi) is 4.07. The molecule has 0 saturated heterocycles. The van der Waals surface area contributed by atoms with Crippen LogP contribution in [0.15, 0.2) is 24.3 Å². The Morgan fingerprint density at radius 2 is 1.95 bits per heavy atom. The second kappa shape index (κ2) is 5.80. The van der Waals surface area contributed by atoms with Crippen molar-refractivity contribution in [1.82, 2.24) is 0 Å². The van der Waals surface area contributed by atoms with E-state index in [1.54, 1.807) is 0 Å². The summed E-state index contributed by atoms with van der Waals surface area (Å²) in [6.45, 7) is 4.83. The number of hydrogen-bond donors (Lipinski definition) is 1. The van der Waals surface area contributed by atoms with E-state index in [4.69, 9.17) is 9.84 Å². The Labute approximate surface area is 125 Å². The average molecular weight is 304 g/mol. The van der Waals surface area contributed by atoms with Crippen LogP contribution in [-0.4, -0.2) is 35.6 Å². The van der Waals surface area contributed by atoms with Crippen molar-refractivity contribution in [3.05, 3.63) is 46.5 Å². The summed E-state index contributed by atoms with van der Waals surface area (Å²) in [5.74, 6) is -3.55. The van der Waals surface area contributed by atoms with Gasteiger partial charge in [-0.1, -0.05) is 6.58 Å². The van der Waals surface area contributed by atoms with E-state index >= 15 is 0 Å². The van der Waals surface area contributed by atoms with Gasteiger partial charge in [0.05, 0.1) is 23.3 Å². The first-order chi connectivity index (χ1) is 10.3. The van der Waals surface area contributed by atoms with Crippen LogP contribution in [0.1, 0.15) is 43.6 Å². The summed E-state index contributed by atoms with van der Waals surface area (Å²) in [7, 11) is 0. The van der Waals surface area contributed by atoms with Gasteiger partial charge in [0.2, 0.25) is 0 Å². The molecular weight excluding hydrogens is 292 g/mol. The van der Waals surface area contributed by atoms with Gasteiger partial charge in [0.25, 0.3) is 0 Å². The molecule has 0 saturated carbocycles. The molecule has 7 heteroatoms. The molecule has 1 aliphatic heterocycles. The summed E-state index contributed by atoms with van der Waals surface area (Å²) in [6, 6.07) is 2.35. The summed E-state index contributed by atoms with van der Waals surface area (Å²) < 4.78 is 9.39. The number of aromatic carboxylic acids is 1. The van der Waals surface area contributed by atoms with E-state index in [1.165, 1.54) is 13.0 Å². The van der Waals surface area contributed by atoms with Crippen molar-refractivity contribution in [2.45, 2.75) is 13.3 Å². The van der Waals surface area contributed by atoms with Crippen molar-refractivity contribution in [3.63, 3.8) is 0 Å². The van der Waals surface area contributed by atoms with E-state index in [9.17, 15) is 19.2 Å². The normalized spacial score (nSPS) is 12.6. The highest BCUT2D eigenvalue weighted by Crippen LogP contribution is 2.26. The topological polar surface area (TPSA) is 107 Å². The van der Waals surface area contributed by atoms with Crippen LogP contribution in [0.3, 0.4) is 0 Å². The zero-order chi connectivity index (χ0) is 16.4. The summed E-state index contributed by atoms with van der Waals surface area (Å²) >= 11 is 0. The summed E-state index contributed by atoms with van der Waals surface area (Å²) in [5.41, 5.74) is 0.276. The van der Waals surface area contributed by atoms with Crippen LogP contribution >= 0.6 is 0 Å². The molecule has 22 heavy (non-hydrogen) atoms. The molecule has 0 radical (unpaired) electrons. The Hall–Kier alpha value is -2.96. The maximum Gasteiger partial charge on any atom is 0.347 e. The van der Waals surface area contributed by atoms with E-state index in [-0.39, 0.29) is 40.9 Å². The number of esters is 3. The SMILES string of the molecule is C=C(C)C(=O)OCCc1cc(C(=O)O)cc2c1C(=O)OC2=O. The van der Waals surface area contributed by atoms with Crippen molar-refractivity contribution in [3.8, 4) is 0 Å². The van der Waals surface area contributed by atoms with Crippen LogP contribution in [0.5, 0.6) is 0 Å². The molecule has 0 unspecified atom stereocenters. The number of carbonyl (C=O) groups is 4. The summed E-state index contributed by atoms with van der Waals surface area (Å²) in [5, 5.41) is 9.05. The summed E-state index contributed by atoms with van der Waals surface area (Å²) in [6.07, 6.45) is 0.0743. The third-order valence-corrected chi connectivity index (χ3v) is 3.03. The second-order valence-corrected chi connectivity index (χ2v) is 4.71. The summed E-state index contributed by atoms with van der Waals surface area (Å²) in [4.78, 5) is 45.6. The van der Waals surface area contributed by atoms with E-state index in [2.05, 4.69) is 11.3 Å². The number of benzene rings is 1. The average Bonchev–Trinajstić information content (AvgIpc) is 2.73. The quantitative estimate of drug-likeness (QED) is 0.497. The van der Waals surface area contributed by atoms with Crippen LogP contribution in [0.25, 0.3) is 0 Å². The molecule has 0 aromatic heterocycles. The molecule has 0 amide bonds. The largest absolute Gasteiger partial charge is 0.478 e. The van der Waals surface area contributed by atoms with Gasteiger partial charge in [-0.3, -0.25) is 0 Å². The number of carboxylic acid groups (broad SMARTS) is 1. The van der Waals surface area contributed by atoms with Crippen molar-refractivity contribution in [1.29, 1.82) is 0 Å². The van der Waals surface area contributed by atoms with Gasteiger partial charge in [-0.25, -0.2) is 19.2 Å². The molecule has 1 heterocycles. The first kappa shape index (κ1) is 15.4. The zero-order valence-electron chi connectivity index (χ0n) is 11.7. The number of hydrogen-bond acceptors (Lipinski definition) is 6. The minimum absolute atomic E-state index is 0.0152. The minimum Gasteiger partial charge on any atom is -0.478 e. The van der Waals surface area contributed by atoms with E-state index in [0.29, 0.717) is 0 Å². The fraction of sp³-hybridized carbons (Fsp3) is 0.200. The second-order valence-electron chi connectivity index (χ2n) is 4.71. The van der Waals surface area contributed by atoms with Crippen LogP contribution in [0, 0.1) is 0 Å². The van der Waals surface area contributed by atoms with Gasteiger partial charge in [0.15, 0.2) is 0 Å². The molecule has 0 aliphatic carbocycles. The van der Waals surface area contributed by atoms with E-state index in [1.807, 2.05) is 0 Å². The highest BCUT2D eigenvalue weighted by molar-refractivity contribution is 6.16. The fourth-order valence-electron chi connectivity index (χ4n) is 1.99. The van der Waals surface area contributed by atoms with Crippen molar-refractivity contribution in [2.24, 2.45) is 0 Å². The Morgan fingerprint density at radius 3 is 2.55 bits per heavy atom. The smallest absolute Gasteiger partial charge is 0.347 e. The van der Waals surface area contributed by atoms with Gasteiger partial charge in [-0.05, 0) is 24.6 Å². The monoisotopic (exact) mass is 304 g/mol. The molecule has 0 bridgehead atoms. The molecule has 1 aliphatic rings. The predicted molar refractivity (Wildman–Crippen MR) is 72.6 cm³/mol. The van der Waals surface area contributed by atoms with E-state index < -0.39 is 23.9 Å². The lowest BCUT2D eigenvalue weighted by Gasteiger charge is -2.08. The van der Waals surface area contributed by atoms with Crippen LogP contribution in [0.2, 0.25) is 0 Å². The minimum atomic E-state index is -1.24. The Morgan fingerprint density at radius 1 is 1.27 bits per heavy atom. The van der Waals surface area contributed by atoms with Gasteiger partial charge in [0.1, 0.15) is 0 Å². The number of rotatable bonds is 5. The molecule has 2 rings (SSSR count). The molecule has 7 nitrogen and oxygen atoms in total. The molecular formula is C15H12O7. The van der Waals surface area contributed by atoms with Gasteiger partial charge < -0.3 is 14.6 Å². The lowest BCUT2D eigenvalue weighted by atomic mass is 9.97. The first-order valence-electron chi connectivity index (χ1n) is 6.30. The van der Waals surface area contributed by atoms with Gasteiger partial charge in [0, 0.05) is 12.0 Å². The van der Waals surface area contributed by atoms with Crippen LogP contribution in [-0.2, 0) is 20.7 Å². The predicted octanol–water partition coefficient (Wildman–Crippen LogP) is 1.36.